The van der Waals surface area contributed by atoms with E-state index in [0.717, 1.165) is 13.0 Å². The van der Waals surface area contributed by atoms with E-state index in [1.165, 1.54) is 18.4 Å². The number of hydrogen-bond acceptors (Lipinski definition) is 6. The highest BCUT2D eigenvalue weighted by molar-refractivity contribution is 5.88. The van der Waals surface area contributed by atoms with Gasteiger partial charge in [-0.15, -0.1) is 0 Å². The van der Waals surface area contributed by atoms with Crippen molar-refractivity contribution in [3.63, 3.8) is 0 Å². The number of phenols is 2. The molecular formula is C15H17NO5. The molecule has 4 N–H and O–H groups in total. The zero-order valence-corrected chi connectivity index (χ0v) is 11.4. The molecule has 6 heteroatoms. The monoisotopic (exact) mass is 291 g/mol. The zero-order chi connectivity index (χ0) is 15.0. The molecule has 1 aliphatic heterocycles. The average molecular weight is 291 g/mol. The molecule has 0 amide bonds. The minimum absolute atomic E-state index is 0.000786. The quantitative estimate of drug-likeness (QED) is 0.673. The minimum atomic E-state index is -0.348. The Labute approximate surface area is 120 Å². The van der Waals surface area contributed by atoms with Crippen LogP contribution in [0, 0.1) is 0 Å². The molecular weight excluding hydrogens is 274 g/mol. The van der Waals surface area contributed by atoms with Crippen LogP contribution in [0.2, 0.25) is 0 Å². The third kappa shape index (κ3) is 2.26. The van der Waals surface area contributed by atoms with E-state index < -0.39 is 0 Å². The molecule has 0 saturated carbocycles. The van der Waals surface area contributed by atoms with Crippen LogP contribution >= 0.6 is 0 Å². The summed E-state index contributed by atoms with van der Waals surface area (Å²) < 4.78 is 5.41. The van der Waals surface area contributed by atoms with Gasteiger partial charge in [-0.25, -0.2) is 0 Å². The highest BCUT2D eigenvalue weighted by Gasteiger charge is 2.32. The molecule has 1 aromatic carbocycles. The van der Waals surface area contributed by atoms with Crippen molar-refractivity contribution in [2.75, 3.05) is 13.2 Å². The van der Waals surface area contributed by atoms with E-state index in [-0.39, 0.29) is 46.5 Å². The van der Waals surface area contributed by atoms with Crippen molar-refractivity contribution in [2.24, 2.45) is 0 Å². The van der Waals surface area contributed by atoms with Gasteiger partial charge in [0, 0.05) is 36.3 Å². The molecule has 0 radical (unpaired) electrons. The van der Waals surface area contributed by atoms with Crippen LogP contribution in [0.3, 0.4) is 0 Å². The van der Waals surface area contributed by atoms with Crippen LogP contribution in [0.4, 0.5) is 0 Å². The van der Waals surface area contributed by atoms with Gasteiger partial charge in [0.1, 0.15) is 22.5 Å². The number of rotatable bonds is 3. The van der Waals surface area contributed by atoms with E-state index in [9.17, 15) is 15.0 Å². The Kier molecular flexibility index (Phi) is 3.57. The summed E-state index contributed by atoms with van der Waals surface area (Å²) in [6.07, 6.45) is 2.57. The molecule has 2 aromatic rings. The van der Waals surface area contributed by atoms with Crippen LogP contribution in [0.5, 0.6) is 11.5 Å². The summed E-state index contributed by atoms with van der Waals surface area (Å²) in [5.41, 5.74) is 0.389. The predicted molar refractivity (Wildman–Crippen MR) is 76.7 cm³/mol. The number of aliphatic hydroxyl groups excluding tert-OH is 1. The molecule has 1 aliphatic rings. The molecule has 6 nitrogen and oxygen atoms in total. The third-order valence-corrected chi connectivity index (χ3v) is 4.09. The van der Waals surface area contributed by atoms with Gasteiger partial charge in [0.25, 0.3) is 0 Å². The molecule has 2 atom stereocenters. The number of fused-ring (bicyclic) bond motifs is 1. The molecule has 3 rings (SSSR count). The van der Waals surface area contributed by atoms with Crippen LogP contribution < -0.4 is 10.7 Å². The van der Waals surface area contributed by atoms with Crippen molar-refractivity contribution in [3.05, 3.63) is 34.2 Å². The van der Waals surface area contributed by atoms with Crippen molar-refractivity contribution in [1.29, 1.82) is 0 Å². The fourth-order valence-electron chi connectivity index (χ4n) is 3.17. The second kappa shape index (κ2) is 5.38. The second-order valence-corrected chi connectivity index (χ2v) is 5.29. The van der Waals surface area contributed by atoms with Gasteiger partial charge in [0.15, 0.2) is 5.43 Å². The Morgan fingerprint density at radius 3 is 2.90 bits per heavy atom. The summed E-state index contributed by atoms with van der Waals surface area (Å²) in [4.78, 5) is 11.9. The first kappa shape index (κ1) is 13.9. The summed E-state index contributed by atoms with van der Waals surface area (Å²) in [6.45, 7) is 0.795. The topological polar surface area (TPSA) is 103 Å². The summed E-state index contributed by atoms with van der Waals surface area (Å²) >= 11 is 0. The molecule has 2 unspecified atom stereocenters. The van der Waals surface area contributed by atoms with Crippen LogP contribution in [-0.2, 0) is 0 Å². The summed E-state index contributed by atoms with van der Waals surface area (Å²) in [5.74, 6) is -0.456. The van der Waals surface area contributed by atoms with E-state index in [1.807, 2.05) is 0 Å². The van der Waals surface area contributed by atoms with Gasteiger partial charge in [0.2, 0.25) is 0 Å². The van der Waals surface area contributed by atoms with Crippen LogP contribution in [0.15, 0.2) is 27.6 Å². The maximum Gasteiger partial charge on any atom is 0.196 e. The number of nitrogens with one attached hydrogen (secondary N) is 1. The van der Waals surface area contributed by atoms with Gasteiger partial charge in [0.05, 0.1) is 6.26 Å². The zero-order valence-electron chi connectivity index (χ0n) is 11.4. The Morgan fingerprint density at radius 1 is 1.33 bits per heavy atom. The van der Waals surface area contributed by atoms with Crippen LogP contribution in [0.25, 0.3) is 11.0 Å². The molecule has 0 spiro atoms. The third-order valence-electron chi connectivity index (χ3n) is 4.09. The summed E-state index contributed by atoms with van der Waals surface area (Å²) in [6, 6.07) is 2.42. The van der Waals surface area contributed by atoms with E-state index in [2.05, 4.69) is 5.32 Å². The molecule has 21 heavy (non-hydrogen) atoms. The molecule has 1 fully saturated rings. The predicted octanol–water partition coefficient (Wildman–Crippen LogP) is 1.03. The SMILES string of the molecule is O=c1ccoc2c(C3CCNC3CCO)c(O)cc(O)c12. The van der Waals surface area contributed by atoms with E-state index in [4.69, 9.17) is 9.52 Å². The van der Waals surface area contributed by atoms with Crippen molar-refractivity contribution >= 4 is 11.0 Å². The van der Waals surface area contributed by atoms with Crippen LogP contribution in [0.1, 0.15) is 24.3 Å². The lowest BCUT2D eigenvalue weighted by Gasteiger charge is -2.21. The average Bonchev–Trinajstić information content (AvgIpc) is 2.87. The molecule has 2 heterocycles. The number of hydrogen-bond donors (Lipinski definition) is 4. The van der Waals surface area contributed by atoms with Gasteiger partial charge in [-0.2, -0.15) is 0 Å². The van der Waals surface area contributed by atoms with Crippen molar-refractivity contribution in [1.82, 2.24) is 5.32 Å². The first-order valence-corrected chi connectivity index (χ1v) is 6.94. The maximum atomic E-state index is 11.9. The number of aromatic hydroxyl groups is 2. The summed E-state index contributed by atoms with van der Waals surface area (Å²) in [5, 5.41) is 32.6. The van der Waals surface area contributed by atoms with Crippen molar-refractivity contribution in [2.45, 2.75) is 24.8 Å². The van der Waals surface area contributed by atoms with E-state index >= 15 is 0 Å². The Balaban J connectivity index is 2.23. The molecule has 0 bridgehead atoms. The van der Waals surface area contributed by atoms with E-state index in [1.54, 1.807) is 0 Å². The number of phenolic OH excluding ortho intramolecular Hbond substituents is 2. The first-order chi connectivity index (χ1) is 10.1. The Morgan fingerprint density at radius 2 is 2.14 bits per heavy atom. The molecule has 0 aliphatic carbocycles. The molecule has 1 saturated heterocycles. The molecule has 1 aromatic heterocycles. The molecule has 112 valence electrons. The van der Waals surface area contributed by atoms with Gasteiger partial charge < -0.3 is 25.1 Å². The lowest BCUT2D eigenvalue weighted by molar-refractivity contribution is 0.265. The fraction of sp³-hybridized carbons (Fsp3) is 0.400. The van der Waals surface area contributed by atoms with Gasteiger partial charge in [-0.3, -0.25) is 4.79 Å². The second-order valence-electron chi connectivity index (χ2n) is 5.29. The van der Waals surface area contributed by atoms with Crippen molar-refractivity contribution in [3.8, 4) is 11.5 Å². The number of benzene rings is 1. The van der Waals surface area contributed by atoms with Crippen molar-refractivity contribution < 1.29 is 19.7 Å². The maximum absolute atomic E-state index is 11.9. The normalized spacial score (nSPS) is 22.0. The summed E-state index contributed by atoms with van der Waals surface area (Å²) in [7, 11) is 0. The van der Waals surface area contributed by atoms with Gasteiger partial charge in [-0.1, -0.05) is 0 Å². The first-order valence-electron chi connectivity index (χ1n) is 6.94. The van der Waals surface area contributed by atoms with E-state index in [0.29, 0.717) is 12.0 Å². The standard InChI is InChI=1S/C15H17NO5/c17-5-2-9-8(1-4-16-9)13-11(19)7-12(20)14-10(18)3-6-21-15(13)14/h3,6-9,16-17,19-20H,1-2,4-5H2. The highest BCUT2D eigenvalue weighted by atomic mass is 16.3. The highest BCUT2D eigenvalue weighted by Crippen LogP contribution is 2.41. The smallest absolute Gasteiger partial charge is 0.196 e. The fourth-order valence-corrected chi connectivity index (χ4v) is 3.17. The number of aliphatic hydroxyl groups is 1. The Hall–Kier alpha value is -2.05. The lowest BCUT2D eigenvalue weighted by Crippen LogP contribution is -2.27. The van der Waals surface area contributed by atoms with Crippen LogP contribution in [-0.4, -0.2) is 34.5 Å². The Bertz CT molecular complexity index is 724. The lowest BCUT2D eigenvalue weighted by atomic mass is 9.88. The van der Waals surface area contributed by atoms with Gasteiger partial charge in [-0.05, 0) is 19.4 Å². The van der Waals surface area contributed by atoms with Gasteiger partial charge >= 0.3 is 0 Å². The largest absolute Gasteiger partial charge is 0.507 e. The minimum Gasteiger partial charge on any atom is -0.507 e.